The Labute approximate surface area is 79.2 Å². The highest BCUT2D eigenvalue weighted by Crippen LogP contribution is 2.23. The largest absolute Gasteiger partial charge is 0.353 e. The zero-order valence-corrected chi connectivity index (χ0v) is 8.33. The minimum absolute atomic E-state index is 0.491. The van der Waals surface area contributed by atoms with Crippen molar-refractivity contribution >= 4 is 5.95 Å². The van der Waals surface area contributed by atoms with E-state index in [0.717, 1.165) is 5.95 Å². The van der Waals surface area contributed by atoms with Crippen LogP contribution in [0.2, 0.25) is 0 Å². The quantitative estimate of drug-likeness (QED) is 0.772. The highest BCUT2D eigenvalue weighted by molar-refractivity contribution is 5.29. The molecule has 1 aliphatic carbocycles. The van der Waals surface area contributed by atoms with Gasteiger partial charge >= 0.3 is 0 Å². The summed E-state index contributed by atoms with van der Waals surface area (Å²) in [5, 5.41) is 3.46. The molecule has 1 aromatic rings. The number of nitrogens with one attached hydrogen (secondary N) is 1. The van der Waals surface area contributed by atoms with Crippen LogP contribution in [0.1, 0.15) is 39.2 Å². The van der Waals surface area contributed by atoms with E-state index in [1.54, 1.807) is 0 Å². The molecule has 13 heavy (non-hydrogen) atoms. The lowest BCUT2D eigenvalue weighted by Crippen LogP contribution is -2.28. The molecule has 3 nitrogen and oxygen atoms in total. The molecule has 3 heteroatoms. The van der Waals surface area contributed by atoms with E-state index >= 15 is 0 Å². The van der Waals surface area contributed by atoms with Crippen LogP contribution in [0.25, 0.3) is 0 Å². The molecule has 72 valence electrons. The molecule has 0 amide bonds. The molecule has 1 heterocycles. The average Bonchev–Trinajstić information content (AvgIpc) is 2.44. The predicted molar refractivity (Wildman–Crippen MR) is 53.9 cm³/mol. The summed E-state index contributed by atoms with van der Waals surface area (Å²) in [4.78, 5) is 4.31. The van der Waals surface area contributed by atoms with E-state index in [9.17, 15) is 0 Å². The average molecular weight is 179 g/mol. The number of rotatable bonds is 3. The first kappa shape index (κ1) is 8.60. The van der Waals surface area contributed by atoms with Gasteiger partial charge in [-0.25, -0.2) is 4.98 Å². The third-order valence-electron chi connectivity index (χ3n) is 2.66. The van der Waals surface area contributed by atoms with Crippen LogP contribution < -0.4 is 5.32 Å². The first-order chi connectivity index (χ1) is 6.27. The first-order valence-corrected chi connectivity index (χ1v) is 5.07. The molecule has 2 rings (SSSR count). The van der Waals surface area contributed by atoms with E-state index in [2.05, 4.69) is 28.7 Å². The van der Waals surface area contributed by atoms with Gasteiger partial charge < -0.3 is 9.88 Å². The number of anilines is 1. The van der Waals surface area contributed by atoms with Gasteiger partial charge in [0.2, 0.25) is 5.95 Å². The van der Waals surface area contributed by atoms with Crippen LogP contribution in [0.5, 0.6) is 0 Å². The Morgan fingerprint density at radius 1 is 1.54 bits per heavy atom. The summed E-state index contributed by atoms with van der Waals surface area (Å²) >= 11 is 0. The highest BCUT2D eigenvalue weighted by Gasteiger charge is 2.18. The molecule has 0 radical (unpaired) electrons. The molecule has 0 saturated heterocycles. The molecule has 1 saturated carbocycles. The van der Waals surface area contributed by atoms with Gasteiger partial charge in [-0.05, 0) is 33.1 Å². The summed E-state index contributed by atoms with van der Waals surface area (Å²) in [5.74, 6) is 1.03. The molecule has 0 unspecified atom stereocenters. The summed E-state index contributed by atoms with van der Waals surface area (Å²) in [5.41, 5.74) is 0. The van der Waals surface area contributed by atoms with Gasteiger partial charge in [0, 0.05) is 24.5 Å². The number of hydrogen-bond acceptors (Lipinski definition) is 2. The van der Waals surface area contributed by atoms with E-state index in [4.69, 9.17) is 0 Å². The van der Waals surface area contributed by atoms with E-state index in [-0.39, 0.29) is 0 Å². The van der Waals surface area contributed by atoms with Crippen molar-refractivity contribution in [2.24, 2.45) is 0 Å². The second kappa shape index (κ2) is 3.40. The highest BCUT2D eigenvalue weighted by atomic mass is 15.2. The molecule has 0 aromatic carbocycles. The Bertz CT molecular complexity index is 273. The summed E-state index contributed by atoms with van der Waals surface area (Å²) in [6.07, 6.45) is 7.85. The van der Waals surface area contributed by atoms with Crippen LogP contribution in [0.3, 0.4) is 0 Å². The van der Waals surface area contributed by atoms with Crippen LogP contribution in [0, 0.1) is 0 Å². The van der Waals surface area contributed by atoms with Crippen LogP contribution in [0.4, 0.5) is 5.95 Å². The van der Waals surface area contributed by atoms with E-state index in [1.807, 2.05) is 12.4 Å². The van der Waals surface area contributed by atoms with Crippen molar-refractivity contribution in [1.82, 2.24) is 9.55 Å². The minimum Gasteiger partial charge on any atom is -0.353 e. The van der Waals surface area contributed by atoms with Crippen molar-refractivity contribution in [2.45, 2.75) is 45.2 Å². The standard InChI is InChI=1S/C10H17N3/c1-8(2)13-7-6-11-10(13)12-9-4-3-5-9/h6-9H,3-5H2,1-2H3,(H,11,12). The van der Waals surface area contributed by atoms with Gasteiger partial charge in [-0.3, -0.25) is 0 Å². The fourth-order valence-electron chi connectivity index (χ4n) is 1.58. The smallest absolute Gasteiger partial charge is 0.203 e. The molecule has 1 N–H and O–H groups in total. The molecular formula is C10H17N3. The lowest BCUT2D eigenvalue weighted by atomic mass is 9.93. The topological polar surface area (TPSA) is 29.9 Å². The molecule has 1 fully saturated rings. The second-order valence-electron chi connectivity index (χ2n) is 4.02. The SMILES string of the molecule is CC(C)n1ccnc1NC1CCC1. The Balaban J connectivity index is 2.05. The maximum atomic E-state index is 4.31. The Kier molecular flexibility index (Phi) is 2.25. The third kappa shape index (κ3) is 1.69. The monoisotopic (exact) mass is 179 g/mol. The number of hydrogen-bond donors (Lipinski definition) is 1. The van der Waals surface area contributed by atoms with Gasteiger partial charge in [0.25, 0.3) is 0 Å². The van der Waals surface area contributed by atoms with Crippen molar-refractivity contribution in [3.05, 3.63) is 12.4 Å². The van der Waals surface area contributed by atoms with Crippen LogP contribution in [-0.2, 0) is 0 Å². The summed E-state index contributed by atoms with van der Waals surface area (Å²) in [6, 6.07) is 1.16. The molecule has 1 aromatic heterocycles. The minimum atomic E-state index is 0.491. The van der Waals surface area contributed by atoms with Gasteiger partial charge in [0.1, 0.15) is 0 Å². The molecule has 0 spiro atoms. The van der Waals surface area contributed by atoms with Gasteiger partial charge in [-0.2, -0.15) is 0 Å². The van der Waals surface area contributed by atoms with Crippen molar-refractivity contribution in [1.29, 1.82) is 0 Å². The molecule has 0 atom stereocenters. The number of aromatic nitrogens is 2. The number of nitrogens with zero attached hydrogens (tertiary/aromatic N) is 2. The van der Waals surface area contributed by atoms with Gasteiger partial charge in [-0.15, -0.1) is 0 Å². The lowest BCUT2D eigenvalue weighted by Gasteiger charge is -2.27. The Morgan fingerprint density at radius 2 is 2.31 bits per heavy atom. The predicted octanol–water partition coefficient (Wildman–Crippen LogP) is 2.43. The molecular weight excluding hydrogens is 162 g/mol. The van der Waals surface area contributed by atoms with Gasteiger partial charge in [0.15, 0.2) is 0 Å². The Hall–Kier alpha value is -0.990. The number of imidazole rings is 1. The van der Waals surface area contributed by atoms with Crippen molar-refractivity contribution in [2.75, 3.05) is 5.32 Å². The maximum absolute atomic E-state index is 4.31. The first-order valence-electron chi connectivity index (χ1n) is 5.07. The van der Waals surface area contributed by atoms with Crippen LogP contribution >= 0.6 is 0 Å². The zero-order valence-electron chi connectivity index (χ0n) is 8.33. The Morgan fingerprint density at radius 3 is 2.85 bits per heavy atom. The van der Waals surface area contributed by atoms with E-state index < -0.39 is 0 Å². The van der Waals surface area contributed by atoms with Crippen molar-refractivity contribution in [3.8, 4) is 0 Å². The van der Waals surface area contributed by atoms with Gasteiger partial charge in [-0.1, -0.05) is 0 Å². The fourth-order valence-corrected chi connectivity index (χ4v) is 1.58. The van der Waals surface area contributed by atoms with Crippen molar-refractivity contribution in [3.63, 3.8) is 0 Å². The maximum Gasteiger partial charge on any atom is 0.203 e. The zero-order chi connectivity index (χ0) is 9.26. The van der Waals surface area contributed by atoms with Crippen LogP contribution in [-0.4, -0.2) is 15.6 Å². The summed E-state index contributed by atoms with van der Waals surface area (Å²) in [6.45, 7) is 4.35. The fraction of sp³-hybridized carbons (Fsp3) is 0.700. The van der Waals surface area contributed by atoms with Crippen molar-refractivity contribution < 1.29 is 0 Å². The molecule has 0 aliphatic heterocycles. The van der Waals surface area contributed by atoms with Crippen LogP contribution in [0.15, 0.2) is 12.4 Å². The lowest BCUT2D eigenvalue weighted by molar-refractivity contribution is 0.439. The second-order valence-corrected chi connectivity index (χ2v) is 4.02. The van der Waals surface area contributed by atoms with Gasteiger partial charge in [0.05, 0.1) is 0 Å². The summed E-state index contributed by atoms with van der Waals surface area (Å²) in [7, 11) is 0. The third-order valence-corrected chi connectivity index (χ3v) is 2.66. The molecule has 1 aliphatic rings. The normalized spacial score (nSPS) is 17.5. The molecule has 0 bridgehead atoms. The van der Waals surface area contributed by atoms with E-state index in [1.165, 1.54) is 19.3 Å². The van der Waals surface area contributed by atoms with E-state index in [0.29, 0.717) is 12.1 Å². The summed E-state index contributed by atoms with van der Waals surface area (Å²) < 4.78 is 2.18.